The van der Waals surface area contributed by atoms with Gasteiger partial charge in [-0.05, 0) is 53.9 Å². The Morgan fingerprint density at radius 3 is 2.42 bits per heavy atom. The predicted octanol–water partition coefficient (Wildman–Crippen LogP) is 2.74. The summed E-state index contributed by atoms with van der Waals surface area (Å²) in [6, 6.07) is 16.5. The van der Waals surface area contributed by atoms with Crippen LogP contribution in [-0.2, 0) is 25.0 Å². The fraction of sp³-hybridized carbons (Fsp3) is 0.281. The summed E-state index contributed by atoms with van der Waals surface area (Å²) in [6.45, 7) is 2.36. The van der Waals surface area contributed by atoms with E-state index in [9.17, 15) is 22.8 Å². The molecule has 2 heterocycles. The number of benzene rings is 3. The molecule has 11 nitrogen and oxygen atoms in total. The van der Waals surface area contributed by atoms with Gasteiger partial charge in [-0.2, -0.15) is 0 Å². The van der Waals surface area contributed by atoms with Gasteiger partial charge in [0.25, 0.3) is 5.91 Å². The fourth-order valence-corrected chi connectivity index (χ4v) is 7.80. The van der Waals surface area contributed by atoms with Crippen LogP contribution in [0.25, 0.3) is 10.1 Å². The van der Waals surface area contributed by atoms with Gasteiger partial charge in [0, 0.05) is 42.4 Å². The number of nitrogens with two attached hydrogens (primary N) is 3. The second kappa shape index (κ2) is 11.2. The molecule has 45 heavy (non-hydrogen) atoms. The Bertz CT molecular complexity index is 1970. The Hall–Kier alpha value is -4.30. The molecule has 1 fully saturated rings. The molecule has 234 valence electrons. The highest BCUT2D eigenvalue weighted by atomic mass is 32.2. The molecule has 2 atom stereocenters. The summed E-state index contributed by atoms with van der Waals surface area (Å²) in [5, 5.41) is 3.51. The van der Waals surface area contributed by atoms with Gasteiger partial charge in [0.2, 0.25) is 5.91 Å². The Morgan fingerprint density at radius 1 is 1.07 bits per heavy atom. The van der Waals surface area contributed by atoms with Crippen molar-refractivity contribution in [3.63, 3.8) is 0 Å². The summed E-state index contributed by atoms with van der Waals surface area (Å²) < 4.78 is 29.4. The number of carbonyl (C=O) groups excluding carboxylic acids is 3. The Kier molecular flexibility index (Phi) is 7.68. The number of anilines is 1. The predicted molar refractivity (Wildman–Crippen MR) is 173 cm³/mol. The van der Waals surface area contributed by atoms with Crippen LogP contribution in [-0.4, -0.2) is 62.1 Å². The highest BCUT2D eigenvalue weighted by Crippen LogP contribution is 2.50. The third kappa shape index (κ3) is 5.46. The highest BCUT2D eigenvalue weighted by Gasteiger charge is 2.49. The van der Waals surface area contributed by atoms with E-state index in [4.69, 9.17) is 21.9 Å². The average molecular weight is 648 g/mol. The highest BCUT2D eigenvalue weighted by molar-refractivity contribution is 7.90. The van der Waals surface area contributed by atoms with E-state index in [1.54, 1.807) is 24.3 Å². The number of nitrogen functional groups attached to an aromatic ring is 1. The van der Waals surface area contributed by atoms with E-state index in [0.29, 0.717) is 44.0 Å². The third-order valence-electron chi connectivity index (χ3n) is 8.38. The van der Waals surface area contributed by atoms with Crippen molar-refractivity contribution in [1.29, 1.82) is 0 Å². The Labute approximate surface area is 264 Å². The number of aryl methyl sites for hydroxylation is 1. The van der Waals surface area contributed by atoms with Gasteiger partial charge in [-0.15, -0.1) is 11.3 Å². The van der Waals surface area contributed by atoms with E-state index < -0.39 is 33.1 Å². The number of likely N-dealkylation sites (tertiary alicyclic amines) is 1. The minimum absolute atomic E-state index is 0.109. The first kappa shape index (κ1) is 30.7. The topological polar surface area (TPSA) is 188 Å². The number of rotatable bonds is 8. The quantitative estimate of drug-likeness (QED) is 0.209. The lowest BCUT2D eigenvalue weighted by Crippen LogP contribution is -2.61. The van der Waals surface area contributed by atoms with Gasteiger partial charge in [-0.1, -0.05) is 30.3 Å². The van der Waals surface area contributed by atoms with Crippen molar-refractivity contribution in [2.45, 2.75) is 31.0 Å². The number of sulfone groups is 1. The first-order valence-electron chi connectivity index (χ1n) is 14.3. The molecule has 6 rings (SSSR count). The molecule has 1 aromatic heterocycles. The second-order valence-electron chi connectivity index (χ2n) is 11.6. The molecule has 0 spiro atoms. The SMILES string of the molecule is Cc1cc(Oc2ccccc2)ccc1C1(N)C(=O)C(N)c2c(C(=O)NC3CN(C(=O)CCS(C)(=O)=O)C3)sc3c(N)ccc1c23. The standard InChI is InChI=1S/C32H33N5O6S2/c1-17-14-20(43-19-6-4-3-5-7-19)8-9-21(17)32(35)22-10-11-23(33)28-25(22)26(27(34)30(32)39)29(44-28)31(40)36-18-15-37(16-18)24(38)12-13-45(2,41)42/h3-11,14,18,27H,12-13,15-16,33-35H2,1-2H3,(H,36,40). The van der Waals surface area contributed by atoms with Gasteiger partial charge < -0.3 is 32.2 Å². The van der Waals surface area contributed by atoms with Crippen molar-refractivity contribution in [3.8, 4) is 11.5 Å². The molecule has 13 heteroatoms. The molecule has 1 aliphatic heterocycles. The van der Waals surface area contributed by atoms with Gasteiger partial charge in [-0.25, -0.2) is 8.42 Å². The number of nitrogens with one attached hydrogen (secondary N) is 1. The van der Waals surface area contributed by atoms with E-state index >= 15 is 0 Å². The van der Waals surface area contributed by atoms with Crippen molar-refractivity contribution < 1.29 is 27.5 Å². The summed E-state index contributed by atoms with van der Waals surface area (Å²) in [5.41, 5.74) is 21.0. The number of para-hydroxylation sites is 1. The lowest BCUT2D eigenvalue weighted by Gasteiger charge is -2.40. The van der Waals surface area contributed by atoms with Crippen LogP contribution in [0, 0.1) is 6.92 Å². The zero-order valence-corrected chi connectivity index (χ0v) is 26.3. The molecule has 3 aromatic carbocycles. The lowest BCUT2D eigenvalue weighted by molar-refractivity contribution is -0.135. The first-order chi connectivity index (χ1) is 21.3. The number of ketones is 1. The maximum absolute atomic E-state index is 14.1. The van der Waals surface area contributed by atoms with Gasteiger partial charge in [0.15, 0.2) is 5.78 Å². The van der Waals surface area contributed by atoms with Gasteiger partial charge >= 0.3 is 0 Å². The van der Waals surface area contributed by atoms with Crippen molar-refractivity contribution in [2.75, 3.05) is 30.8 Å². The minimum atomic E-state index is -3.26. The van der Waals surface area contributed by atoms with E-state index in [0.717, 1.165) is 23.2 Å². The molecule has 4 aromatic rings. The smallest absolute Gasteiger partial charge is 0.262 e. The number of hydrogen-bond donors (Lipinski definition) is 4. The molecule has 2 unspecified atom stereocenters. The molecular formula is C32H33N5O6S2. The number of Topliss-reactive ketones (excluding diaryl/α,β-unsaturated/α-hetero) is 1. The maximum Gasteiger partial charge on any atom is 0.262 e. The summed E-state index contributed by atoms with van der Waals surface area (Å²) in [4.78, 5) is 41.8. The normalized spacial score (nSPS) is 19.8. The largest absolute Gasteiger partial charge is 0.457 e. The van der Waals surface area contributed by atoms with Crippen LogP contribution >= 0.6 is 11.3 Å². The lowest BCUT2D eigenvalue weighted by atomic mass is 9.69. The molecule has 7 N–H and O–H groups in total. The summed E-state index contributed by atoms with van der Waals surface area (Å²) in [6.07, 6.45) is 0.972. The van der Waals surface area contributed by atoms with Crippen molar-refractivity contribution in [3.05, 3.63) is 87.8 Å². The number of thiophene rings is 1. The van der Waals surface area contributed by atoms with E-state index in [2.05, 4.69) is 5.32 Å². The Balaban J connectivity index is 1.30. The van der Waals surface area contributed by atoms with E-state index in [1.165, 1.54) is 4.90 Å². The Morgan fingerprint density at radius 2 is 1.76 bits per heavy atom. The van der Waals surface area contributed by atoms with Gasteiger partial charge in [-0.3, -0.25) is 14.4 Å². The molecule has 1 saturated heterocycles. The maximum atomic E-state index is 14.1. The molecule has 2 amide bonds. The molecule has 2 aliphatic rings. The number of amides is 2. The van der Waals surface area contributed by atoms with Crippen LogP contribution in [0.3, 0.4) is 0 Å². The number of hydrogen-bond acceptors (Lipinski definition) is 10. The first-order valence-corrected chi connectivity index (χ1v) is 17.2. The van der Waals surface area contributed by atoms with Crippen LogP contribution in [0.1, 0.15) is 44.4 Å². The third-order valence-corrected chi connectivity index (χ3v) is 10.6. The van der Waals surface area contributed by atoms with Crippen LogP contribution < -0.4 is 27.3 Å². The molecule has 0 radical (unpaired) electrons. The van der Waals surface area contributed by atoms with Crippen LogP contribution in [0.4, 0.5) is 5.69 Å². The summed E-state index contributed by atoms with van der Waals surface area (Å²) in [5.74, 6) is -0.153. The molecule has 1 aliphatic carbocycles. The molecular weight excluding hydrogens is 615 g/mol. The monoisotopic (exact) mass is 647 g/mol. The van der Waals surface area contributed by atoms with Crippen molar-refractivity contribution >= 4 is 54.5 Å². The summed E-state index contributed by atoms with van der Waals surface area (Å²) >= 11 is 1.15. The van der Waals surface area contributed by atoms with Crippen molar-refractivity contribution in [2.24, 2.45) is 11.5 Å². The zero-order valence-electron chi connectivity index (χ0n) is 24.7. The molecule has 0 saturated carbocycles. The summed E-state index contributed by atoms with van der Waals surface area (Å²) in [7, 11) is -3.26. The molecule has 0 bridgehead atoms. The second-order valence-corrected chi connectivity index (χ2v) is 14.9. The zero-order chi connectivity index (χ0) is 32.3. The van der Waals surface area contributed by atoms with Crippen LogP contribution in [0.2, 0.25) is 0 Å². The van der Waals surface area contributed by atoms with E-state index in [1.807, 2.05) is 43.3 Å². The number of nitrogens with zero attached hydrogens (tertiary/aromatic N) is 1. The number of carbonyl (C=O) groups is 3. The van der Waals surface area contributed by atoms with Crippen molar-refractivity contribution in [1.82, 2.24) is 10.2 Å². The number of ether oxygens (including phenoxy) is 1. The average Bonchev–Trinajstić information content (AvgIpc) is 3.38. The van der Waals surface area contributed by atoms with Gasteiger partial charge in [0.1, 0.15) is 26.9 Å². The van der Waals surface area contributed by atoms with Gasteiger partial charge in [0.05, 0.1) is 27.4 Å². The van der Waals surface area contributed by atoms with Crippen LogP contribution in [0.15, 0.2) is 60.7 Å². The van der Waals surface area contributed by atoms with Crippen LogP contribution in [0.5, 0.6) is 11.5 Å². The minimum Gasteiger partial charge on any atom is -0.457 e. The van der Waals surface area contributed by atoms with E-state index in [-0.39, 0.29) is 42.1 Å². The fourth-order valence-electron chi connectivity index (χ4n) is 6.05.